The van der Waals surface area contributed by atoms with Gasteiger partial charge in [0.05, 0.1) is 5.69 Å². The van der Waals surface area contributed by atoms with Crippen molar-refractivity contribution >= 4 is 23.3 Å². The lowest BCUT2D eigenvalue weighted by Crippen LogP contribution is -2.12. The fourth-order valence-electron chi connectivity index (χ4n) is 2.46. The van der Waals surface area contributed by atoms with Crippen molar-refractivity contribution in [2.75, 3.05) is 5.32 Å². The van der Waals surface area contributed by atoms with Gasteiger partial charge in [-0.05, 0) is 24.3 Å². The Morgan fingerprint density at radius 3 is 2.69 bits per heavy atom. The summed E-state index contributed by atoms with van der Waals surface area (Å²) < 4.78 is 6.92. The molecule has 0 radical (unpaired) electrons. The van der Waals surface area contributed by atoms with E-state index in [-0.39, 0.29) is 5.69 Å². The minimum Gasteiger partial charge on any atom is -0.355 e. The Bertz CT molecular complexity index is 1060. The number of benzene rings is 2. The molecule has 0 saturated carbocycles. The van der Waals surface area contributed by atoms with E-state index < -0.39 is 5.91 Å². The molecular formula is C19H13ClN4O2. The smallest absolute Gasteiger partial charge is 0.279 e. The predicted octanol–water partition coefficient (Wildman–Crippen LogP) is 4.43. The molecule has 0 aliphatic rings. The van der Waals surface area contributed by atoms with Crippen LogP contribution in [0, 0.1) is 0 Å². The first-order valence-electron chi connectivity index (χ1n) is 7.84. The van der Waals surface area contributed by atoms with Gasteiger partial charge in [0.2, 0.25) is 0 Å². The van der Waals surface area contributed by atoms with Crippen LogP contribution in [0.15, 0.2) is 77.4 Å². The van der Waals surface area contributed by atoms with Crippen LogP contribution in [0.25, 0.3) is 17.0 Å². The van der Waals surface area contributed by atoms with Crippen molar-refractivity contribution in [3.05, 3.63) is 83.6 Å². The Morgan fingerprint density at radius 1 is 1.04 bits per heavy atom. The average Bonchev–Trinajstić information content (AvgIpc) is 3.32. The number of hydrogen-bond donors (Lipinski definition) is 1. The highest BCUT2D eigenvalue weighted by Crippen LogP contribution is 2.23. The third-order valence-corrected chi connectivity index (χ3v) is 3.94. The maximum atomic E-state index is 12.4. The molecule has 2 aromatic heterocycles. The van der Waals surface area contributed by atoms with Crippen molar-refractivity contribution in [3.8, 4) is 17.0 Å². The predicted molar refractivity (Wildman–Crippen MR) is 98.5 cm³/mol. The molecule has 1 N–H and O–H groups in total. The summed E-state index contributed by atoms with van der Waals surface area (Å²) in [6.45, 7) is 0. The Balaban J connectivity index is 1.50. The third kappa shape index (κ3) is 3.36. The quantitative estimate of drug-likeness (QED) is 0.581. The minimum atomic E-state index is -0.402. The van der Waals surface area contributed by atoms with E-state index in [1.54, 1.807) is 41.2 Å². The highest BCUT2D eigenvalue weighted by Gasteiger charge is 2.15. The molecule has 0 aliphatic carbocycles. The lowest BCUT2D eigenvalue weighted by molar-refractivity contribution is 0.101. The van der Waals surface area contributed by atoms with E-state index in [4.69, 9.17) is 16.1 Å². The topological polar surface area (TPSA) is 73.0 Å². The molecule has 0 bridgehead atoms. The van der Waals surface area contributed by atoms with Gasteiger partial charge in [-0.1, -0.05) is 47.1 Å². The summed E-state index contributed by atoms with van der Waals surface area (Å²) in [7, 11) is 0. The van der Waals surface area contributed by atoms with Gasteiger partial charge in [0.15, 0.2) is 17.3 Å². The van der Waals surface area contributed by atoms with Crippen molar-refractivity contribution in [1.29, 1.82) is 0 Å². The molecule has 0 unspecified atom stereocenters. The molecule has 128 valence electrons. The van der Waals surface area contributed by atoms with Gasteiger partial charge >= 0.3 is 0 Å². The molecule has 26 heavy (non-hydrogen) atoms. The second-order valence-corrected chi connectivity index (χ2v) is 5.96. The maximum Gasteiger partial charge on any atom is 0.279 e. The number of aromatic nitrogens is 3. The Hall–Kier alpha value is -3.38. The van der Waals surface area contributed by atoms with Crippen LogP contribution in [0.3, 0.4) is 0 Å². The highest BCUT2D eigenvalue weighted by atomic mass is 35.5. The first kappa shape index (κ1) is 16.1. The van der Waals surface area contributed by atoms with Crippen LogP contribution in [0.1, 0.15) is 10.5 Å². The summed E-state index contributed by atoms with van der Waals surface area (Å²) in [5.74, 6) is 0.485. The van der Waals surface area contributed by atoms with Crippen molar-refractivity contribution in [1.82, 2.24) is 14.9 Å². The second kappa shape index (κ2) is 6.85. The summed E-state index contributed by atoms with van der Waals surface area (Å²) >= 11 is 5.97. The number of carbonyl (C=O) groups excluding carboxylic acids is 1. The van der Waals surface area contributed by atoms with E-state index in [2.05, 4.69) is 15.6 Å². The first-order valence-corrected chi connectivity index (χ1v) is 8.22. The molecule has 7 heteroatoms. The number of amides is 1. The number of halogens is 1. The molecule has 6 nitrogen and oxygen atoms in total. The fraction of sp³-hybridized carbons (Fsp3) is 0. The summed E-state index contributed by atoms with van der Waals surface area (Å²) in [4.78, 5) is 12.4. The SMILES string of the molecule is O=C(Nc1ccn(-c2ccccc2)n1)c1cc(-c2cccc(Cl)c2)on1. The van der Waals surface area contributed by atoms with Gasteiger partial charge in [0.25, 0.3) is 5.91 Å². The molecule has 0 atom stereocenters. The van der Waals surface area contributed by atoms with E-state index in [9.17, 15) is 4.79 Å². The van der Waals surface area contributed by atoms with Crippen LogP contribution in [0.4, 0.5) is 5.82 Å². The summed E-state index contributed by atoms with van der Waals surface area (Å²) in [5, 5.41) is 11.4. The van der Waals surface area contributed by atoms with Crippen molar-refractivity contribution in [2.24, 2.45) is 0 Å². The second-order valence-electron chi connectivity index (χ2n) is 5.52. The summed E-state index contributed by atoms with van der Waals surface area (Å²) in [6.07, 6.45) is 1.77. The van der Waals surface area contributed by atoms with Gasteiger partial charge < -0.3 is 9.84 Å². The molecule has 4 rings (SSSR count). The normalized spacial score (nSPS) is 10.7. The molecule has 4 aromatic rings. The van der Waals surface area contributed by atoms with Crippen molar-refractivity contribution < 1.29 is 9.32 Å². The summed E-state index contributed by atoms with van der Waals surface area (Å²) in [5.41, 5.74) is 1.81. The highest BCUT2D eigenvalue weighted by molar-refractivity contribution is 6.30. The van der Waals surface area contributed by atoms with E-state index in [0.29, 0.717) is 16.6 Å². The minimum absolute atomic E-state index is 0.161. The molecule has 2 heterocycles. The van der Waals surface area contributed by atoms with Crippen LogP contribution in [-0.2, 0) is 0 Å². The third-order valence-electron chi connectivity index (χ3n) is 3.70. The fourth-order valence-corrected chi connectivity index (χ4v) is 2.65. The summed E-state index contributed by atoms with van der Waals surface area (Å²) in [6, 6.07) is 20.0. The number of carbonyl (C=O) groups is 1. The van der Waals surface area contributed by atoms with Crippen LogP contribution in [0.5, 0.6) is 0 Å². The Morgan fingerprint density at radius 2 is 1.88 bits per heavy atom. The molecule has 0 aliphatic heterocycles. The van der Waals surface area contributed by atoms with E-state index in [1.807, 2.05) is 36.4 Å². The zero-order valence-electron chi connectivity index (χ0n) is 13.5. The zero-order valence-corrected chi connectivity index (χ0v) is 14.2. The number of nitrogens with zero attached hydrogens (tertiary/aromatic N) is 3. The van der Waals surface area contributed by atoms with Crippen LogP contribution >= 0.6 is 11.6 Å². The number of rotatable bonds is 4. The van der Waals surface area contributed by atoms with E-state index >= 15 is 0 Å². The van der Waals surface area contributed by atoms with Gasteiger partial charge in [0, 0.05) is 28.9 Å². The van der Waals surface area contributed by atoms with E-state index in [1.165, 1.54) is 0 Å². The first-order chi connectivity index (χ1) is 12.7. The van der Waals surface area contributed by atoms with Crippen LogP contribution in [0.2, 0.25) is 5.02 Å². The Kier molecular flexibility index (Phi) is 4.25. The largest absolute Gasteiger partial charge is 0.355 e. The molecule has 0 saturated heterocycles. The monoisotopic (exact) mass is 364 g/mol. The van der Waals surface area contributed by atoms with Crippen molar-refractivity contribution in [3.63, 3.8) is 0 Å². The average molecular weight is 365 g/mol. The zero-order chi connectivity index (χ0) is 17.9. The number of nitrogens with one attached hydrogen (secondary N) is 1. The number of para-hydroxylation sites is 1. The van der Waals surface area contributed by atoms with Crippen LogP contribution in [-0.4, -0.2) is 20.8 Å². The van der Waals surface area contributed by atoms with Gasteiger partial charge in [-0.3, -0.25) is 4.79 Å². The molecule has 0 spiro atoms. The molecule has 2 aromatic carbocycles. The van der Waals surface area contributed by atoms with Gasteiger partial charge in [-0.25, -0.2) is 4.68 Å². The van der Waals surface area contributed by atoms with Gasteiger partial charge in [0.1, 0.15) is 0 Å². The number of anilines is 1. The Labute approximate surface area is 154 Å². The molecule has 1 amide bonds. The lowest BCUT2D eigenvalue weighted by Gasteiger charge is -2.00. The maximum absolute atomic E-state index is 12.4. The van der Waals surface area contributed by atoms with Crippen LogP contribution < -0.4 is 5.32 Å². The lowest BCUT2D eigenvalue weighted by atomic mass is 10.1. The van der Waals surface area contributed by atoms with Gasteiger partial charge in [-0.15, -0.1) is 0 Å². The van der Waals surface area contributed by atoms with E-state index in [0.717, 1.165) is 11.3 Å². The standard InChI is InChI=1S/C19H13ClN4O2/c20-14-6-4-5-13(11-14)17-12-16(23-26-17)19(25)21-18-9-10-24(22-18)15-7-2-1-3-8-15/h1-12H,(H,21,22,25). The molecular weight excluding hydrogens is 352 g/mol. The molecule has 0 fully saturated rings. The van der Waals surface area contributed by atoms with Crippen molar-refractivity contribution in [2.45, 2.75) is 0 Å². The number of hydrogen-bond acceptors (Lipinski definition) is 4. The van der Waals surface area contributed by atoms with Gasteiger partial charge in [-0.2, -0.15) is 5.10 Å².